The van der Waals surface area contributed by atoms with Gasteiger partial charge in [0.15, 0.2) is 5.75 Å². The van der Waals surface area contributed by atoms with Crippen molar-refractivity contribution in [3.8, 4) is 5.75 Å². The summed E-state index contributed by atoms with van der Waals surface area (Å²) in [7, 11) is 0. The number of nitrogens with zero attached hydrogens (tertiary/aromatic N) is 3. The molecule has 1 atom stereocenters. The quantitative estimate of drug-likeness (QED) is 0.571. The Kier molecular flexibility index (Phi) is 7.24. The summed E-state index contributed by atoms with van der Waals surface area (Å²) in [5.74, 6) is 0.342. The van der Waals surface area contributed by atoms with E-state index < -0.39 is 17.8 Å². The van der Waals surface area contributed by atoms with Gasteiger partial charge in [0, 0.05) is 36.3 Å². The predicted molar refractivity (Wildman–Crippen MR) is 122 cm³/mol. The normalized spacial score (nSPS) is 12.3. The first-order valence-electron chi connectivity index (χ1n) is 10.2. The van der Waals surface area contributed by atoms with E-state index in [2.05, 4.69) is 25.8 Å². The molecule has 0 saturated heterocycles. The number of rotatable bonds is 6. The zero-order valence-corrected chi connectivity index (χ0v) is 19.6. The summed E-state index contributed by atoms with van der Waals surface area (Å²) in [6.45, 7) is 9.63. The second-order valence-corrected chi connectivity index (χ2v) is 9.49. The molecule has 0 aliphatic rings. The molecule has 0 unspecified atom stereocenters. The molecule has 0 saturated carbocycles. The first-order chi connectivity index (χ1) is 15.1. The Morgan fingerprint density at radius 2 is 1.91 bits per heavy atom. The van der Waals surface area contributed by atoms with Crippen LogP contribution in [0.1, 0.15) is 43.7 Å². The number of hydrogen-bond donors (Lipinski definition) is 2. The van der Waals surface area contributed by atoms with Gasteiger partial charge < -0.3 is 20.1 Å². The number of aromatic nitrogens is 3. The van der Waals surface area contributed by atoms with Crippen LogP contribution in [0.5, 0.6) is 5.75 Å². The Hall–Kier alpha value is -3.27. The highest BCUT2D eigenvalue weighted by Gasteiger charge is 2.21. The molecule has 0 aromatic carbocycles. The molecule has 2 N–H and O–H groups in total. The molecule has 3 rings (SSSR count). The number of alkyl carbamates (subject to hydrolysis) is 1. The van der Waals surface area contributed by atoms with Gasteiger partial charge in [0.1, 0.15) is 11.1 Å². The van der Waals surface area contributed by atoms with Crippen molar-refractivity contribution in [2.75, 3.05) is 0 Å². The first kappa shape index (κ1) is 23.4. The van der Waals surface area contributed by atoms with Gasteiger partial charge in [0.05, 0.1) is 10.9 Å². The maximum atomic E-state index is 12.3. The number of thiophene rings is 1. The molecule has 10 heteroatoms. The molecular weight excluding hydrogens is 430 g/mol. The molecule has 9 nitrogen and oxygen atoms in total. The number of amides is 2. The van der Waals surface area contributed by atoms with Crippen molar-refractivity contribution in [2.45, 2.75) is 59.2 Å². The molecule has 0 aliphatic carbocycles. The standard InChI is InChI=1S/C22H27N5O4S/c1-13(26-21(29)31-22(3,4)5)10-17-14(2)18-19(32-17)16(12-25-27-18)30-20(28)24-11-15-6-8-23-9-7-15/h6-9,12-13H,10-11H2,1-5H3,(H,24,28)(H,26,29)/t13-/m0/s1. The van der Waals surface area contributed by atoms with Crippen LogP contribution in [0.25, 0.3) is 10.2 Å². The van der Waals surface area contributed by atoms with E-state index in [1.807, 2.05) is 46.8 Å². The summed E-state index contributed by atoms with van der Waals surface area (Å²) in [5, 5.41) is 13.7. The average Bonchev–Trinajstić information content (AvgIpc) is 3.02. The highest BCUT2D eigenvalue weighted by atomic mass is 32.1. The van der Waals surface area contributed by atoms with Crippen LogP contribution in [0.4, 0.5) is 9.59 Å². The van der Waals surface area contributed by atoms with Gasteiger partial charge in [-0.05, 0) is 57.9 Å². The lowest BCUT2D eigenvalue weighted by Crippen LogP contribution is -2.38. The summed E-state index contributed by atoms with van der Waals surface area (Å²) in [4.78, 5) is 29.3. The molecule has 3 heterocycles. The molecule has 0 radical (unpaired) electrons. The highest BCUT2D eigenvalue weighted by Crippen LogP contribution is 2.35. The van der Waals surface area contributed by atoms with E-state index in [0.29, 0.717) is 24.2 Å². The van der Waals surface area contributed by atoms with Gasteiger partial charge in [-0.25, -0.2) is 9.59 Å². The minimum Gasteiger partial charge on any atom is -0.444 e. The molecule has 0 aliphatic heterocycles. The Morgan fingerprint density at radius 3 is 2.59 bits per heavy atom. The van der Waals surface area contributed by atoms with Gasteiger partial charge in [-0.1, -0.05) is 0 Å². The summed E-state index contributed by atoms with van der Waals surface area (Å²) < 4.78 is 11.5. The van der Waals surface area contributed by atoms with E-state index in [-0.39, 0.29) is 6.04 Å². The third kappa shape index (κ3) is 6.36. The molecule has 32 heavy (non-hydrogen) atoms. The van der Waals surface area contributed by atoms with Crippen LogP contribution in [0, 0.1) is 6.92 Å². The van der Waals surface area contributed by atoms with Crippen LogP contribution in [0.2, 0.25) is 0 Å². The molecular formula is C22H27N5O4S. The van der Waals surface area contributed by atoms with E-state index in [1.54, 1.807) is 12.4 Å². The van der Waals surface area contributed by atoms with Crippen LogP contribution in [-0.4, -0.2) is 39.0 Å². The van der Waals surface area contributed by atoms with Gasteiger partial charge in [0.25, 0.3) is 0 Å². The van der Waals surface area contributed by atoms with E-state index in [9.17, 15) is 9.59 Å². The number of pyridine rings is 1. The number of fused-ring (bicyclic) bond motifs is 1. The zero-order valence-electron chi connectivity index (χ0n) is 18.8. The lowest BCUT2D eigenvalue weighted by Gasteiger charge is -2.21. The van der Waals surface area contributed by atoms with Gasteiger partial charge in [-0.3, -0.25) is 4.98 Å². The second-order valence-electron chi connectivity index (χ2n) is 8.39. The maximum absolute atomic E-state index is 12.3. The van der Waals surface area contributed by atoms with Crippen LogP contribution in [-0.2, 0) is 17.7 Å². The van der Waals surface area contributed by atoms with E-state index in [4.69, 9.17) is 9.47 Å². The fourth-order valence-electron chi connectivity index (χ4n) is 2.95. The molecule has 0 bridgehead atoms. The lowest BCUT2D eigenvalue weighted by atomic mass is 10.1. The number of aryl methyl sites for hydroxylation is 1. The average molecular weight is 458 g/mol. The summed E-state index contributed by atoms with van der Waals surface area (Å²) in [5.41, 5.74) is 1.97. The largest absolute Gasteiger partial charge is 0.444 e. The van der Waals surface area contributed by atoms with Crippen molar-refractivity contribution >= 4 is 33.7 Å². The van der Waals surface area contributed by atoms with Gasteiger partial charge in [-0.2, -0.15) is 5.10 Å². The van der Waals surface area contributed by atoms with Crippen LogP contribution in [0.15, 0.2) is 30.7 Å². The fraction of sp³-hybridized carbons (Fsp3) is 0.409. The van der Waals surface area contributed by atoms with Crippen molar-refractivity contribution < 1.29 is 19.1 Å². The smallest absolute Gasteiger partial charge is 0.412 e. The van der Waals surface area contributed by atoms with Crippen LogP contribution < -0.4 is 15.4 Å². The highest BCUT2D eigenvalue weighted by molar-refractivity contribution is 7.19. The van der Waals surface area contributed by atoms with Crippen LogP contribution >= 0.6 is 11.3 Å². The summed E-state index contributed by atoms with van der Waals surface area (Å²) in [6, 6.07) is 3.47. The van der Waals surface area contributed by atoms with Crippen LogP contribution in [0.3, 0.4) is 0 Å². The zero-order chi connectivity index (χ0) is 23.3. The number of carbonyl (C=O) groups is 2. The van der Waals surface area contributed by atoms with E-state index in [1.165, 1.54) is 17.5 Å². The second kappa shape index (κ2) is 9.90. The predicted octanol–water partition coefficient (Wildman–Crippen LogP) is 4.14. The van der Waals surface area contributed by atoms with Crippen molar-refractivity contribution in [2.24, 2.45) is 0 Å². The minimum atomic E-state index is -0.580. The van der Waals surface area contributed by atoms with E-state index in [0.717, 1.165) is 20.7 Å². The van der Waals surface area contributed by atoms with Crippen molar-refractivity contribution in [1.82, 2.24) is 25.8 Å². The van der Waals surface area contributed by atoms with Gasteiger partial charge in [-0.15, -0.1) is 16.4 Å². The summed E-state index contributed by atoms with van der Waals surface area (Å²) >= 11 is 1.47. The number of ether oxygens (including phenoxy) is 2. The molecule has 3 aromatic rings. The van der Waals surface area contributed by atoms with Crippen molar-refractivity contribution in [1.29, 1.82) is 0 Å². The molecule has 2 amide bonds. The van der Waals surface area contributed by atoms with Crippen molar-refractivity contribution in [3.63, 3.8) is 0 Å². The lowest BCUT2D eigenvalue weighted by molar-refractivity contribution is 0.0508. The first-order valence-corrected chi connectivity index (χ1v) is 11.0. The Morgan fingerprint density at radius 1 is 1.19 bits per heavy atom. The number of carbonyl (C=O) groups excluding carboxylic acids is 2. The van der Waals surface area contributed by atoms with E-state index >= 15 is 0 Å². The Balaban J connectivity index is 1.67. The molecule has 3 aromatic heterocycles. The SMILES string of the molecule is Cc1c(C[C@H](C)NC(=O)OC(C)(C)C)sc2c(OC(=O)NCc3ccncc3)cnnc12. The molecule has 0 fully saturated rings. The minimum absolute atomic E-state index is 0.155. The Bertz CT molecular complexity index is 1090. The third-order valence-corrected chi connectivity index (χ3v) is 5.73. The summed E-state index contributed by atoms with van der Waals surface area (Å²) in [6.07, 6.45) is 4.29. The monoisotopic (exact) mass is 457 g/mol. The van der Waals surface area contributed by atoms with Crippen molar-refractivity contribution in [3.05, 3.63) is 46.7 Å². The number of nitrogens with one attached hydrogen (secondary N) is 2. The van der Waals surface area contributed by atoms with Gasteiger partial charge in [0.2, 0.25) is 0 Å². The number of hydrogen-bond acceptors (Lipinski definition) is 8. The van der Waals surface area contributed by atoms with Gasteiger partial charge >= 0.3 is 12.2 Å². The fourth-order valence-corrected chi connectivity index (χ4v) is 4.27. The molecule has 0 spiro atoms. The Labute approximate surface area is 190 Å². The molecule has 170 valence electrons. The third-order valence-electron chi connectivity index (χ3n) is 4.41. The maximum Gasteiger partial charge on any atom is 0.412 e. The topological polar surface area (TPSA) is 115 Å².